The van der Waals surface area contributed by atoms with Crippen LogP contribution < -0.4 is 4.74 Å². The molecule has 132 valence electrons. The molecule has 0 N–H and O–H groups in total. The first-order chi connectivity index (χ1) is 13.2. The van der Waals surface area contributed by atoms with Gasteiger partial charge in [0, 0.05) is 6.42 Å². The third-order valence-corrected chi connectivity index (χ3v) is 4.09. The SMILES string of the molecule is N#C/C(=C/c1ccc(OC(=O)CCc2ccccc2)cc1)c1ccccc1. The molecule has 0 aliphatic carbocycles. The fraction of sp³-hybridized carbons (Fsp3) is 0.0833. The summed E-state index contributed by atoms with van der Waals surface area (Å²) in [6.45, 7) is 0. The van der Waals surface area contributed by atoms with Crippen LogP contribution in [0.25, 0.3) is 11.6 Å². The van der Waals surface area contributed by atoms with Crippen LogP contribution in [0.15, 0.2) is 84.9 Å². The van der Waals surface area contributed by atoms with Crippen LogP contribution in [0.1, 0.15) is 23.1 Å². The van der Waals surface area contributed by atoms with Crippen molar-refractivity contribution in [3.8, 4) is 11.8 Å². The van der Waals surface area contributed by atoms with Gasteiger partial charge in [-0.15, -0.1) is 0 Å². The molecule has 3 rings (SSSR count). The molecule has 0 heterocycles. The Bertz CT molecular complexity index is 953. The number of ether oxygens (including phenoxy) is 1. The number of hydrogen-bond acceptors (Lipinski definition) is 3. The number of hydrogen-bond donors (Lipinski definition) is 0. The van der Waals surface area contributed by atoms with Gasteiger partial charge in [0.05, 0.1) is 11.6 Å². The Balaban J connectivity index is 1.61. The summed E-state index contributed by atoms with van der Waals surface area (Å²) in [5.74, 6) is 0.243. The van der Waals surface area contributed by atoms with E-state index in [9.17, 15) is 10.1 Å². The number of nitriles is 1. The van der Waals surface area contributed by atoms with Gasteiger partial charge in [0.2, 0.25) is 0 Å². The summed E-state index contributed by atoms with van der Waals surface area (Å²) in [6.07, 6.45) is 2.80. The fourth-order valence-electron chi connectivity index (χ4n) is 2.67. The molecule has 0 saturated heterocycles. The number of carbonyl (C=O) groups is 1. The van der Waals surface area contributed by atoms with E-state index < -0.39 is 0 Å². The minimum absolute atomic E-state index is 0.260. The van der Waals surface area contributed by atoms with Crippen LogP contribution in [0.4, 0.5) is 0 Å². The number of carbonyl (C=O) groups excluding carboxylic acids is 1. The van der Waals surface area contributed by atoms with Crippen LogP contribution in [-0.4, -0.2) is 5.97 Å². The van der Waals surface area contributed by atoms with Crippen molar-refractivity contribution < 1.29 is 9.53 Å². The molecule has 0 atom stereocenters. The zero-order chi connectivity index (χ0) is 18.9. The molecule has 0 fully saturated rings. The molecular weight excluding hydrogens is 334 g/mol. The molecule has 3 aromatic rings. The van der Waals surface area contributed by atoms with E-state index in [1.165, 1.54) is 0 Å². The molecule has 0 saturated carbocycles. The highest BCUT2D eigenvalue weighted by Gasteiger charge is 2.06. The average molecular weight is 353 g/mol. The summed E-state index contributed by atoms with van der Waals surface area (Å²) < 4.78 is 5.38. The minimum atomic E-state index is -0.260. The maximum atomic E-state index is 12.0. The predicted octanol–water partition coefficient (Wildman–Crippen LogP) is 5.29. The molecule has 0 aromatic heterocycles. The number of nitrogens with zero attached hydrogens (tertiary/aromatic N) is 1. The summed E-state index contributed by atoms with van der Waals surface area (Å²) in [5, 5.41) is 9.38. The molecule has 0 spiro atoms. The number of rotatable bonds is 6. The van der Waals surface area contributed by atoms with E-state index in [-0.39, 0.29) is 5.97 Å². The van der Waals surface area contributed by atoms with Gasteiger partial charge in [-0.2, -0.15) is 5.26 Å². The van der Waals surface area contributed by atoms with Gasteiger partial charge in [-0.3, -0.25) is 4.79 Å². The molecular formula is C24H19NO2. The van der Waals surface area contributed by atoms with Gasteiger partial charge in [-0.25, -0.2) is 0 Å². The lowest BCUT2D eigenvalue weighted by Gasteiger charge is -2.05. The third kappa shape index (κ3) is 5.42. The van der Waals surface area contributed by atoms with Gasteiger partial charge in [0.1, 0.15) is 5.75 Å². The molecule has 0 radical (unpaired) electrons. The van der Waals surface area contributed by atoms with Crippen molar-refractivity contribution in [3.05, 3.63) is 102 Å². The van der Waals surface area contributed by atoms with Gasteiger partial charge in [0.15, 0.2) is 0 Å². The Morgan fingerprint density at radius 2 is 1.52 bits per heavy atom. The Kier molecular flexibility index (Phi) is 6.17. The van der Waals surface area contributed by atoms with Crippen molar-refractivity contribution >= 4 is 17.6 Å². The second kappa shape index (κ2) is 9.17. The van der Waals surface area contributed by atoms with Crippen LogP contribution in [0.2, 0.25) is 0 Å². The quantitative estimate of drug-likeness (QED) is 0.262. The molecule has 0 unspecified atom stereocenters. The zero-order valence-corrected chi connectivity index (χ0v) is 14.8. The largest absolute Gasteiger partial charge is 0.427 e. The molecule has 0 bridgehead atoms. The zero-order valence-electron chi connectivity index (χ0n) is 14.8. The highest BCUT2D eigenvalue weighted by Crippen LogP contribution is 2.20. The average Bonchev–Trinajstić information content (AvgIpc) is 2.73. The Hall–Kier alpha value is -3.64. The molecule has 27 heavy (non-hydrogen) atoms. The highest BCUT2D eigenvalue weighted by molar-refractivity contribution is 5.89. The maximum Gasteiger partial charge on any atom is 0.311 e. The summed E-state index contributed by atoms with van der Waals surface area (Å²) in [5.41, 5.74) is 3.44. The fourth-order valence-corrected chi connectivity index (χ4v) is 2.67. The normalized spacial score (nSPS) is 10.9. The molecule has 3 aromatic carbocycles. The topological polar surface area (TPSA) is 50.1 Å². The van der Waals surface area contributed by atoms with E-state index >= 15 is 0 Å². The van der Waals surface area contributed by atoms with Gasteiger partial charge in [0.25, 0.3) is 0 Å². The van der Waals surface area contributed by atoms with E-state index in [4.69, 9.17) is 4.74 Å². The van der Waals surface area contributed by atoms with Gasteiger partial charge >= 0.3 is 5.97 Å². The van der Waals surface area contributed by atoms with Crippen LogP contribution in [-0.2, 0) is 11.2 Å². The van der Waals surface area contributed by atoms with Crippen molar-refractivity contribution in [2.75, 3.05) is 0 Å². The number of aryl methyl sites for hydroxylation is 1. The monoisotopic (exact) mass is 353 g/mol. The first kappa shape index (κ1) is 18.2. The smallest absolute Gasteiger partial charge is 0.311 e. The lowest BCUT2D eigenvalue weighted by molar-refractivity contribution is -0.134. The van der Waals surface area contributed by atoms with Gasteiger partial charge < -0.3 is 4.74 Å². The van der Waals surface area contributed by atoms with Crippen LogP contribution in [0, 0.1) is 11.3 Å². The second-order valence-corrected chi connectivity index (χ2v) is 6.06. The third-order valence-electron chi connectivity index (χ3n) is 4.09. The molecule has 3 nitrogen and oxygen atoms in total. The summed E-state index contributed by atoms with van der Waals surface area (Å²) in [7, 11) is 0. The Morgan fingerprint density at radius 1 is 0.889 bits per heavy atom. The molecule has 0 amide bonds. The Morgan fingerprint density at radius 3 is 2.15 bits per heavy atom. The van der Waals surface area contributed by atoms with E-state index in [1.54, 1.807) is 12.1 Å². The van der Waals surface area contributed by atoms with Crippen molar-refractivity contribution in [1.29, 1.82) is 5.26 Å². The van der Waals surface area contributed by atoms with Crippen LogP contribution in [0.5, 0.6) is 5.75 Å². The Labute approximate surface area is 159 Å². The number of allylic oxidation sites excluding steroid dienone is 1. The molecule has 3 heteroatoms. The van der Waals surface area contributed by atoms with E-state index in [2.05, 4.69) is 6.07 Å². The first-order valence-corrected chi connectivity index (χ1v) is 8.76. The molecule has 0 aliphatic heterocycles. The van der Waals surface area contributed by atoms with E-state index in [0.717, 1.165) is 16.7 Å². The second-order valence-electron chi connectivity index (χ2n) is 6.06. The van der Waals surface area contributed by atoms with E-state index in [0.29, 0.717) is 24.2 Å². The minimum Gasteiger partial charge on any atom is -0.427 e. The molecule has 0 aliphatic rings. The van der Waals surface area contributed by atoms with Crippen LogP contribution in [0.3, 0.4) is 0 Å². The van der Waals surface area contributed by atoms with Crippen LogP contribution >= 0.6 is 0 Å². The lowest BCUT2D eigenvalue weighted by atomic mass is 10.0. The first-order valence-electron chi connectivity index (χ1n) is 8.76. The van der Waals surface area contributed by atoms with Crippen molar-refractivity contribution in [2.45, 2.75) is 12.8 Å². The summed E-state index contributed by atoms with van der Waals surface area (Å²) >= 11 is 0. The van der Waals surface area contributed by atoms with Crippen molar-refractivity contribution in [3.63, 3.8) is 0 Å². The van der Waals surface area contributed by atoms with E-state index in [1.807, 2.05) is 78.9 Å². The predicted molar refractivity (Wildman–Crippen MR) is 107 cm³/mol. The lowest BCUT2D eigenvalue weighted by Crippen LogP contribution is -2.08. The summed E-state index contributed by atoms with van der Waals surface area (Å²) in [4.78, 5) is 12.0. The maximum absolute atomic E-state index is 12.0. The number of esters is 1. The van der Waals surface area contributed by atoms with Gasteiger partial charge in [-0.1, -0.05) is 72.8 Å². The highest BCUT2D eigenvalue weighted by atomic mass is 16.5. The van der Waals surface area contributed by atoms with Gasteiger partial charge in [-0.05, 0) is 41.3 Å². The summed E-state index contributed by atoms with van der Waals surface area (Å²) in [6, 6.07) is 28.7. The number of benzene rings is 3. The van der Waals surface area contributed by atoms with Crippen molar-refractivity contribution in [1.82, 2.24) is 0 Å². The van der Waals surface area contributed by atoms with Crippen molar-refractivity contribution in [2.24, 2.45) is 0 Å². The standard InChI is InChI=1S/C24H19NO2/c25-18-22(21-9-5-2-6-10-21)17-20-11-14-23(15-12-20)27-24(26)16-13-19-7-3-1-4-8-19/h1-12,14-15,17H,13,16H2/b22-17-.